The minimum absolute atomic E-state index is 0.0414. The summed E-state index contributed by atoms with van der Waals surface area (Å²) in [5.41, 5.74) is 0. The summed E-state index contributed by atoms with van der Waals surface area (Å²) in [5, 5.41) is 4.71. The van der Waals surface area contributed by atoms with Crippen LogP contribution in [0.1, 0.15) is 12.8 Å². The smallest absolute Gasteiger partial charge is 0.209 e. The SMILES string of the molecule is NS(=O)(=O)CCCCCl. The van der Waals surface area contributed by atoms with Crippen LogP contribution in [-0.2, 0) is 10.0 Å². The van der Waals surface area contributed by atoms with E-state index in [4.69, 9.17) is 16.7 Å². The second-order valence-electron chi connectivity index (χ2n) is 1.76. The first-order chi connectivity index (χ1) is 4.06. The molecule has 0 radical (unpaired) electrons. The van der Waals surface area contributed by atoms with Gasteiger partial charge in [-0.1, -0.05) is 0 Å². The topological polar surface area (TPSA) is 60.2 Å². The summed E-state index contributed by atoms with van der Waals surface area (Å²) in [6.45, 7) is 0. The lowest BCUT2D eigenvalue weighted by Crippen LogP contribution is -2.16. The van der Waals surface area contributed by atoms with Crippen molar-refractivity contribution >= 4 is 21.6 Å². The van der Waals surface area contributed by atoms with E-state index in [-0.39, 0.29) is 5.75 Å². The molecular weight excluding hydrogens is 162 g/mol. The van der Waals surface area contributed by atoms with Gasteiger partial charge in [-0.05, 0) is 12.8 Å². The highest BCUT2D eigenvalue weighted by molar-refractivity contribution is 7.89. The summed E-state index contributed by atoms with van der Waals surface area (Å²) in [6, 6.07) is 0. The third-order valence-electron chi connectivity index (χ3n) is 0.812. The number of unbranched alkanes of at least 4 members (excludes halogenated alkanes) is 1. The number of hydrogen-bond acceptors (Lipinski definition) is 2. The van der Waals surface area contributed by atoms with Gasteiger partial charge >= 0.3 is 0 Å². The van der Waals surface area contributed by atoms with Gasteiger partial charge in [0.05, 0.1) is 5.75 Å². The van der Waals surface area contributed by atoms with E-state index in [1.54, 1.807) is 0 Å². The van der Waals surface area contributed by atoms with Gasteiger partial charge < -0.3 is 0 Å². The Morgan fingerprint density at radius 1 is 1.33 bits per heavy atom. The van der Waals surface area contributed by atoms with E-state index in [0.717, 1.165) is 0 Å². The fraction of sp³-hybridized carbons (Fsp3) is 1.00. The second kappa shape index (κ2) is 4.09. The van der Waals surface area contributed by atoms with Crippen molar-refractivity contribution in [3.8, 4) is 0 Å². The van der Waals surface area contributed by atoms with Crippen LogP contribution < -0.4 is 5.14 Å². The summed E-state index contributed by atoms with van der Waals surface area (Å²) in [7, 11) is -3.26. The van der Waals surface area contributed by atoms with Crippen molar-refractivity contribution in [2.45, 2.75) is 12.8 Å². The largest absolute Gasteiger partial charge is 0.229 e. The van der Waals surface area contributed by atoms with Crippen LogP contribution in [0.4, 0.5) is 0 Å². The molecule has 0 aromatic carbocycles. The van der Waals surface area contributed by atoms with E-state index in [0.29, 0.717) is 18.7 Å². The quantitative estimate of drug-likeness (QED) is 0.489. The third-order valence-corrected chi connectivity index (χ3v) is 1.94. The molecule has 0 unspecified atom stereocenters. The monoisotopic (exact) mass is 171 g/mol. The Hall–Kier alpha value is 0.200. The van der Waals surface area contributed by atoms with Gasteiger partial charge in [0.1, 0.15) is 0 Å². The minimum Gasteiger partial charge on any atom is -0.229 e. The lowest BCUT2D eigenvalue weighted by atomic mass is 10.4. The Bertz CT molecular complexity index is 154. The fourth-order valence-corrected chi connectivity index (χ4v) is 1.19. The third kappa shape index (κ3) is 8.20. The van der Waals surface area contributed by atoms with Gasteiger partial charge in [0.15, 0.2) is 0 Å². The molecule has 5 heteroatoms. The minimum atomic E-state index is -3.26. The van der Waals surface area contributed by atoms with Gasteiger partial charge in [-0.25, -0.2) is 13.6 Å². The Labute approximate surface area is 60.2 Å². The number of primary sulfonamides is 1. The molecule has 2 N–H and O–H groups in total. The maximum Gasteiger partial charge on any atom is 0.209 e. The predicted octanol–water partition coefficient (Wildman–Crippen LogP) is 0.294. The van der Waals surface area contributed by atoms with Gasteiger partial charge in [-0.3, -0.25) is 0 Å². The van der Waals surface area contributed by atoms with Crippen molar-refractivity contribution in [2.75, 3.05) is 11.6 Å². The van der Waals surface area contributed by atoms with Gasteiger partial charge in [-0.15, -0.1) is 11.6 Å². The van der Waals surface area contributed by atoms with Crippen molar-refractivity contribution in [1.29, 1.82) is 0 Å². The molecule has 0 aliphatic carbocycles. The second-order valence-corrected chi connectivity index (χ2v) is 3.88. The summed E-state index contributed by atoms with van der Waals surface area (Å²) in [5.74, 6) is 0.537. The fourth-order valence-electron chi connectivity index (χ4n) is 0.398. The molecular formula is C4H10ClNO2S. The standard InChI is InChI=1S/C4H10ClNO2S/c5-3-1-2-4-9(6,7)8/h1-4H2,(H2,6,7,8). The van der Waals surface area contributed by atoms with Gasteiger partial charge in [-0.2, -0.15) is 0 Å². The van der Waals surface area contributed by atoms with Crippen molar-refractivity contribution in [2.24, 2.45) is 5.14 Å². The molecule has 3 nitrogen and oxygen atoms in total. The summed E-state index contributed by atoms with van der Waals surface area (Å²) < 4.78 is 20.5. The number of alkyl halides is 1. The number of halogens is 1. The highest BCUT2D eigenvalue weighted by atomic mass is 35.5. The number of rotatable bonds is 4. The Morgan fingerprint density at radius 2 is 1.89 bits per heavy atom. The molecule has 0 saturated carbocycles. The van der Waals surface area contributed by atoms with Gasteiger partial charge in [0.25, 0.3) is 0 Å². The van der Waals surface area contributed by atoms with Gasteiger partial charge in [0.2, 0.25) is 10.0 Å². The molecule has 9 heavy (non-hydrogen) atoms. The number of hydrogen-bond donors (Lipinski definition) is 1. The normalized spacial score (nSPS) is 11.8. The Morgan fingerprint density at radius 3 is 2.22 bits per heavy atom. The molecule has 0 saturated heterocycles. The van der Waals surface area contributed by atoms with E-state index in [1.807, 2.05) is 0 Å². The molecule has 0 aliphatic heterocycles. The van der Waals surface area contributed by atoms with Crippen LogP contribution in [0.15, 0.2) is 0 Å². The average molecular weight is 172 g/mol. The van der Waals surface area contributed by atoms with Crippen molar-refractivity contribution in [3.63, 3.8) is 0 Å². The zero-order valence-electron chi connectivity index (χ0n) is 5.01. The Kier molecular flexibility index (Phi) is 4.18. The molecule has 0 spiro atoms. The molecule has 0 amide bonds. The van der Waals surface area contributed by atoms with Crippen LogP contribution in [0.3, 0.4) is 0 Å². The molecule has 0 bridgehead atoms. The van der Waals surface area contributed by atoms with E-state index in [9.17, 15) is 8.42 Å². The molecule has 0 aromatic heterocycles. The van der Waals surface area contributed by atoms with Crippen LogP contribution in [0, 0.1) is 0 Å². The number of nitrogens with two attached hydrogens (primary N) is 1. The van der Waals surface area contributed by atoms with E-state index < -0.39 is 10.0 Å². The molecule has 0 aliphatic rings. The lowest BCUT2D eigenvalue weighted by molar-refractivity contribution is 0.594. The van der Waals surface area contributed by atoms with Crippen LogP contribution in [0.25, 0.3) is 0 Å². The molecule has 0 aromatic rings. The van der Waals surface area contributed by atoms with Gasteiger partial charge in [0, 0.05) is 5.88 Å². The predicted molar refractivity (Wildman–Crippen MR) is 37.9 cm³/mol. The zero-order chi connectivity index (χ0) is 7.33. The summed E-state index contributed by atoms with van der Waals surface area (Å²) in [6.07, 6.45) is 1.26. The molecule has 0 atom stereocenters. The first kappa shape index (κ1) is 9.20. The number of sulfonamides is 1. The first-order valence-electron chi connectivity index (χ1n) is 2.62. The average Bonchev–Trinajstić information content (AvgIpc) is 1.63. The zero-order valence-corrected chi connectivity index (χ0v) is 6.58. The molecule has 0 heterocycles. The first-order valence-corrected chi connectivity index (χ1v) is 4.87. The maximum atomic E-state index is 10.2. The molecule has 0 rings (SSSR count). The van der Waals surface area contributed by atoms with E-state index in [2.05, 4.69) is 0 Å². The maximum absolute atomic E-state index is 10.2. The molecule has 56 valence electrons. The van der Waals surface area contributed by atoms with Crippen molar-refractivity contribution < 1.29 is 8.42 Å². The highest BCUT2D eigenvalue weighted by Gasteiger charge is 1.99. The Balaban J connectivity index is 3.30. The summed E-state index contributed by atoms with van der Waals surface area (Å²) >= 11 is 5.29. The van der Waals surface area contributed by atoms with Crippen molar-refractivity contribution in [3.05, 3.63) is 0 Å². The van der Waals surface area contributed by atoms with E-state index in [1.165, 1.54) is 0 Å². The van der Waals surface area contributed by atoms with Crippen LogP contribution in [-0.4, -0.2) is 20.1 Å². The van der Waals surface area contributed by atoms with Crippen molar-refractivity contribution in [1.82, 2.24) is 0 Å². The van der Waals surface area contributed by atoms with E-state index >= 15 is 0 Å². The lowest BCUT2D eigenvalue weighted by Gasteiger charge is -1.93. The summed E-state index contributed by atoms with van der Waals surface area (Å²) in [4.78, 5) is 0. The van der Waals surface area contributed by atoms with Crippen LogP contribution in [0.2, 0.25) is 0 Å². The van der Waals surface area contributed by atoms with Crippen LogP contribution in [0.5, 0.6) is 0 Å². The highest BCUT2D eigenvalue weighted by Crippen LogP contribution is 1.93. The van der Waals surface area contributed by atoms with Crippen LogP contribution >= 0.6 is 11.6 Å². The molecule has 0 fully saturated rings.